The minimum absolute atomic E-state index is 0.0156. The summed E-state index contributed by atoms with van der Waals surface area (Å²) < 4.78 is 0. The number of hydrogen-bond acceptors (Lipinski definition) is 7. The molecule has 0 unspecified atom stereocenters. The van der Waals surface area contributed by atoms with Crippen LogP contribution < -0.4 is 0 Å². The number of hydrogen-bond donors (Lipinski definition) is 5. The van der Waals surface area contributed by atoms with Gasteiger partial charge in [0.05, 0.1) is 23.9 Å². The first-order chi connectivity index (χ1) is 16.7. The van der Waals surface area contributed by atoms with Crippen LogP contribution in [0.3, 0.4) is 0 Å². The molecule has 3 saturated carbocycles. The summed E-state index contributed by atoms with van der Waals surface area (Å²) in [7, 11) is 0. The van der Waals surface area contributed by atoms with Crippen LogP contribution in [0, 0.1) is 39.4 Å². The fourth-order valence-electron chi connectivity index (χ4n) is 9.15. The lowest BCUT2D eigenvalue weighted by atomic mass is 9.38. The molecule has 7 heteroatoms. The second kappa shape index (κ2) is 8.31. The molecule has 0 radical (unpaired) electrons. The molecule has 0 aromatic rings. The molecule has 4 aliphatic rings. The van der Waals surface area contributed by atoms with Crippen LogP contribution in [0.5, 0.6) is 0 Å². The second-order valence-electron chi connectivity index (χ2n) is 14.4. The van der Waals surface area contributed by atoms with Crippen LogP contribution in [-0.2, 0) is 9.59 Å². The molecule has 10 atom stereocenters. The molecule has 0 saturated heterocycles. The van der Waals surface area contributed by atoms with Gasteiger partial charge in [-0.05, 0) is 68.8 Å². The maximum Gasteiger partial charge on any atom is 0.187 e. The van der Waals surface area contributed by atoms with Crippen molar-refractivity contribution in [2.45, 2.75) is 111 Å². The van der Waals surface area contributed by atoms with Crippen molar-refractivity contribution in [3.8, 4) is 0 Å². The third-order valence-electron chi connectivity index (χ3n) is 11.4. The Morgan fingerprint density at radius 1 is 1.00 bits per heavy atom. The lowest BCUT2D eigenvalue weighted by molar-refractivity contribution is -0.186. The van der Waals surface area contributed by atoms with E-state index in [-0.39, 0.29) is 24.0 Å². The Morgan fingerprint density at radius 3 is 2.16 bits per heavy atom. The highest BCUT2D eigenvalue weighted by Gasteiger charge is 2.74. The zero-order valence-corrected chi connectivity index (χ0v) is 23.6. The molecule has 5 N–H and O–H groups in total. The number of carbonyl (C=O) groups is 2. The molecule has 208 valence electrons. The number of rotatable bonds is 4. The fourth-order valence-corrected chi connectivity index (χ4v) is 9.15. The highest BCUT2D eigenvalue weighted by Crippen LogP contribution is 2.74. The van der Waals surface area contributed by atoms with Gasteiger partial charge in [0.2, 0.25) is 0 Å². The molecule has 0 aromatic heterocycles. The van der Waals surface area contributed by atoms with Gasteiger partial charge in [0.25, 0.3) is 0 Å². The van der Waals surface area contributed by atoms with Crippen LogP contribution in [-0.4, -0.2) is 66.6 Å². The van der Waals surface area contributed by atoms with E-state index < -0.39 is 62.9 Å². The van der Waals surface area contributed by atoms with Crippen molar-refractivity contribution in [2.24, 2.45) is 39.4 Å². The van der Waals surface area contributed by atoms with Crippen molar-refractivity contribution in [2.75, 3.05) is 0 Å². The summed E-state index contributed by atoms with van der Waals surface area (Å²) in [4.78, 5) is 27.4. The van der Waals surface area contributed by atoms with E-state index in [1.807, 2.05) is 27.7 Å². The molecule has 4 aliphatic carbocycles. The Balaban J connectivity index is 1.79. The minimum Gasteiger partial charge on any atom is -0.393 e. The zero-order valence-electron chi connectivity index (χ0n) is 23.6. The van der Waals surface area contributed by atoms with E-state index in [1.165, 1.54) is 32.9 Å². The van der Waals surface area contributed by atoms with Gasteiger partial charge in [0, 0.05) is 23.2 Å². The second-order valence-corrected chi connectivity index (χ2v) is 14.4. The minimum atomic E-state index is -1.94. The summed E-state index contributed by atoms with van der Waals surface area (Å²) >= 11 is 0. The number of ketones is 2. The van der Waals surface area contributed by atoms with Crippen LogP contribution in [0.15, 0.2) is 23.8 Å². The summed E-state index contributed by atoms with van der Waals surface area (Å²) in [6.07, 6.45) is 3.10. The molecule has 3 fully saturated rings. The average Bonchev–Trinajstić information content (AvgIpc) is 2.96. The Hall–Kier alpha value is -1.38. The molecule has 0 amide bonds. The molecule has 0 spiro atoms. The SMILES string of the molecule is CC(C)(O)/C=C/C(=O)[C@](C)(O)[C@H]1[C@@H](O)C[C@@]2(C)[C@H]3CC=C4[C@@H](C[C@H](O)[C@@H](O)C4(C)C)[C@]3(C)C(=O)C[C@]12C. The van der Waals surface area contributed by atoms with Gasteiger partial charge in [-0.2, -0.15) is 0 Å². The third kappa shape index (κ3) is 3.79. The van der Waals surface area contributed by atoms with Crippen molar-refractivity contribution in [3.63, 3.8) is 0 Å². The number of carbonyl (C=O) groups excluding carboxylic acids is 2. The third-order valence-corrected chi connectivity index (χ3v) is 11.4. The molecule has 0 aliphatic heterocycles. The molecule has 0 aromatic carbocycles. The predicted octanol–water partition coefficient (Wildman–Crippen LogP) is 2.72. The van der Waals surface area contributed by atoms with Crippen LogP contribution >= 0.6 is 0 Å². The summed E-state index contributed by atoms with van der Waals surface area (Å²) in [5, 5.41) is 54.6. The van der Waals surface area contributed by atoms with Gasteiger partial charge in [-0.15, -0.1) is 0 Å². The van der Waals surface area contributed by atoms with E-state index in [0.717, 1.165) is 5.57 Å². The van der Waals surface area contributed by atoms with Gasteiger partial charge in [0.1, 0.15) is 11.4 Å². The van der Waals surface area contributed by atoms with Crippen LogP contribution in [0.25, 0.3) is 0 Å². The topological polar surface area (TPSA) is 135 Å². The number of fused-ring (bicyclic) bond motifs is 5. The smallest absolute Gasteiger partial charge is 0.187 e. The molecule has 0 bridgehead atoms. The lowest BCUT2D eigenvalue weighted by Gasteiger charge is -2.65. The van der Waals surface area contributed by atoms with Gasteiger partial charge < -0.3 is 25.5 Å². The summed E-state index contributed by atoms with van der Waals surface area (Å²) in [5.74, 6) is -1.88. The Kier molecular flexibility index (Phi) is 6.43. The monoisotopic (exact) mass is 518 g/mol. The number of aliphatic hydroxyl groups is 5. The summed E-state index contributed by atoms with van der Waals surface area (Å²) in [6, 6.07) is 0. The highest BCUT2D eigenvalue weighted by molar-refractivity contribution is 5.97. The standard InChI is InChI=1S/C30H46O7/c1-25(2,36)12-11-21(33)30(8,37)23-19(32)14-27(5)20-10-9-16-17(13-18(31)24(35)26(16,3)4)29(20,7)22(34)15-28(23,27)6/h9,11-12,17-20,23-24,31-32,35-37H,10,13-15H2,1-8H3/b12-11+/t17-,18+,19+,20-,23+,24-,27+,28-,29+,30+/m1/s1. The van der Waals surface area contributed by atoms with E-state index in [1.54, 1.807) is 0 Å². The maximum absolute atomic E-state index is 14.2. The number of allylic oxidation sites excluding steroid dienone is 1. The van der Waals surface area contributed by atoms with E-state index >= 15 is 0 Å². The van der Waals surface area contributed by atoms with E-state index in [0.29, 0.717) is 19.3 Å². The summed E-state index contributed by atoms with van der Waals surface area (Å²) in [5.41, 5.74) is -5.07. The van der Waals surface area contributed by atoms with Gasteiger partial charge in [-0.3, -0.25) is 9.59 Å². The molecule has 7 nitrogen and oxygen atoms in total. The first kappa shape index (κ1) is 28.6. The average molecular weight is 519 g/mol. The van der Waals surface area contributed by atoms with Crippen molar-refractivity contribution in [3.05, 3.63) is 23.8 Å². The Labute approximate surface area is 220 Å². The maximum atomic E-state index is 14.2. The van der Waals surface area contributed by atoms with E-state index in [4.69, 9.17) is 0 Å². The molecule has 4 rings (SSSR count). The van der Waals surface area contributed by atoms with Crippen LogP contribution in [0.2, 0.25) is 0 Å². The Morgan fingerprint density at radius 2 is 1.59 bits per heavy atom. The highest BCUT2D eigenvalue weighted by atomic mass is 16.3. The molecular formula is C30H46O7. The van der Waals surface area contributed by atoms with Gasteiger partial charge in [-0.25, -0.2) is 0 Å². The molecular weight excluding hydrogens is 472 g/mol. The zero-order chi connectivity index (χ0) is 28.1. The summed E-state index contributed by atoms with van der Waals surface area (Å²) in [6.45, 7) is 14.3. The van der Waals surface area contributed by atoms with Crippen molar-refractivity contribution in [1.82, 2.24) is 0 Å². The Bertz CT molecular complexity index is 1050. The van der Waals surface area contributed by atoms with Crippen LogP contribution in [0.4, 0.5) is 0 Å². The first-order valence-corrected chi connectivity index (χ1v) is 13.6. The van der Waals surface area contributed by atoms with Crippen molar-refractivity contribution in [1.29, 1.82) is 0 Å². The quantitative estimate of drug-likeness (QED) is 0.285. The largest absolute Gasteiger partial charge is 0.393 e. The molecule has 37 heavy (non-hydrogen) atoms. The number of aliphatic hydroxyl groups excluding tert-OH is 3. The van der Waals surface area contributed by atoms with Crippen molar-refractivity contribution < 1.29 is 35.1 Å². The van der Waals surface area contributed by atoms with Gasteiger partial charge in [0.15, 0.2) is 5.78 Å². The van der Waals surface area contributed by atoms with Crippen LogP contribution in [0.1, 0.15) is 81.1 Å². The predicted molar refractivity (Wildman–Crippen MR) is 139 cm³/mol. The normalized spacial score (nSPS) is 47.1. The van der Waals surface area contributed by atoms with E-state index in [9.17, 15) is 35.1 Å². The molecule has 0 heterocycles. The van der Waals surface area contributed by atoms with Crippen molar-refractivity contribution >= 4 is 11.6 Å². The van der Waals surface area contributed by atoms with Gasteiger partial charge >= 0.3 is 0 Å². The lowest BCUT2D eigenvalue weighted by Crippen LogP contribution is -2.65. The van der Waals surface area contributed by atoms with E-state index in [2.05, 4.69) is 13.0 Å². The fraction of sp³-hybridized carbons (Fsp3) is 0.800. The first-order valence-electron chi connectivity index (χ1n) is 13.6. The van der Waals surface area contributed by atoms with Gasteiger partial charge in [-0.1, -0.05) is 52.3 Å². The number of Topliss-reactive ketones (excluding diaryl/α,β-unsaturated/α-hetero) is 1.